The number of hydrogen-bond acceptors (Lipinski definition) is 2. The van der Waals surface area contributed by atoms with Crippen molar-refractivity contribution < 1.29 is 0 Å². The average molecular weight is 316 g/mol. The zero-order valence-electron chi connectivity index (χ0n) is 11.9. The van der Waals surface area contributed by atoms with Crippen LogP contribution in [0.2, 0.25) is 0 Å². The Morgan fingerprint density at radius 3 is 2.56 bits per heavy atom. The van der Waals surface area contributed by atoms with E-state index in [9.17, 15) is 0 Å². The zero-order valence-corrected chi connectivity index (χ0v) is 13.5. The molecule has 1 rings (SSSR count). The SMILES string of the molecule is CCCN(CCBr)Cc1ccn(C(CC)CC)n1. The Morgan fingerprint density at radius 2 is 2.00 bits per heavy atom. The van der Waals surface area contributed by atoms with Crippen LogP contribution in [-0.2, 0) is 6.54 Å². The van der Waals surface area contributed by atoms with E-state index in [1.807, 2.05) is 0 Å². The molecule has 0 aliphatic carbocycles. The first-order valence-electron chi connectivity index (χ1n) is 7.07. The lowest BCUT2D eigenvalue weighted by molar-refractivity contribution is 0.278. The van der Waals surface area contributed by atoms with Crippen molar-refractivity contribution in [3.8, 4) is 0 Å². The van der Waals surface area contributed by atoms with E-state index in [2.05, 4.69) is 58.5 Å². The minimum absolute atomic E-state index is 0.551. The van der Waals surface area contributed by atoms with Crippen molar-refractivity contribution in [2.24, 2.45) is 0 Å². The molecule has 1 aromatic rings. The lowest BCUT2D eigenvalue weighted by Crippen LogP contribution is -2.26. The van der Waals surface area contributed by atoms with Crippen LogP contribution in [0, 0.1) is 0 Å². The van der Waals surface area contributed by atoms with E-state index in [-0.39, 0.29) is 0 Å². The minimum atomic E-state index is 0.551. The maximum atomic E-state index is 4.72. The van der Waals surface area contributed by atoms with Crippen LogP contribution in [0.25, 0.3) is 0 Å². The molecule has 3 nitrogen and oxygen atoms in total. The van der Waals surface area contributed by atoms with Gasteiger partial charge in [0.25, 0.3) is 0 Å². The zero-order chi connectivity index (χ0) is 13.4. The summed E-state index contributed by atoms with van der Waals surface area (Å²) in [6, 6.07) is 2.71. The summed E-state index contributed by atoms with van der Waals surface area (Å²) in [4.78, 5) is 2.45. The van der Waals surface area contributed by atoms with Gasteiger partial charge in [-0.25, -0.2) is 0 Å². The summed E-state index contributed by atoms with van der Waals surface area (Å²) in [5.41, 5.74) is 1.19. The third-order valence-electron chi connectivity index (χ3n) is 3.31. The molecule has 18 heavy (non-hydrogen) atoms. The lowest BCUT2D eigenvalue weighted by Gasteiger charge is -2.19. The van der Waals surface area contributed by atoms with Gasteiger partial charge in [0.15, 0.2) is 0 Å². The van der Waals surface area contributed by atoms with Crippen molar-refractivity contribution in [1.82, 2.24) is 14.7 Å². The smallest absolute Gasteiger partial charge is 0.0764 e. The second-order valence-corrected chi connectivity index (χ2v) is 5.52. The van der Waals surface area contributed by atoms with Crippen LogP contribution < -0.4 is 0 Å². The van der Waals surface area contributed by atoms with Crippen molar-refractivity contribution in [2.75, 3.05) is 18.4 Å². The highest BCUT2D eigenvalue weighted by atomic mass is 79.9. The van der Waals surface area contributed by atoms with Gasteiger partial charge in [-0.3, -0.25) is 9.58 Å². The van der Waals surface area contributed by atoms with Crippen LogP contribution in [0.5, 0.6) is 0 Å². The first-order chi connectivity index (χ1) is 8.74. The molecule has 0 aliphatic rings. The Hall–Kier alpha value is -0.350. The van der Waals surface area contributed by atoms with Gasteiger partial charge >= 0.3 is 0 Å². The molecule has 0 unspecified atom stereocenters. The molecule has 0 bridgehead atoms. The summed E-state index contributed by atoms with van der Waals surface area (Å²) in [5.74, 6) is 0. The molecule has 0 amide bonds. The Balaban J connectivity index is 2.61. The summed E-state index contributed by atoms with van der Waals surface area (Å²) in [7, 11) is 0. The predicted octanol–water partition coefficient (Wildman–Crippen LogP) is 3.85. The molecular formula is C14H26BrN3. The molecule has 0 atom stereocenters. The molecule has 0 aliphatic heterocycles. The second-order valence-electron chi connectivity index (χ2n) is 4.72. The van der Waals surface area contributed by atoms with E-state index in [0.29, 0.717) is 6.04 Å². The molecule has 4 heteroatoms. The molecule has 1 heterocycles. The monoisotopic (exact) mass is 315 g/mol. The quantitative estimate of drug-likeness (QED) is 0.645. The fourth-order valence-corrected chi connectivity index (χ4v) is 2.76. The highest BCUT2D eigenvalue weighted by Crippen LogP contribution is 2.15. The molecule has 0 saturated carbocycles. The van der Waals surface area contributed by atoms with Crippen molar-refractivity contribution in [1.29, 1.82) is 0 Å². The number of nitrogens with zero attached hydrogens (tertiary/aromatic N) is 3. The van der Waals surface area contributed by atoms with Crippen LogP contribution >= 0.6 is 15.9 Å². The lowest BCUT2D eigenvalue weighted by atomic mass is 10.2. The number of hydrogen-bond donors (Lipinski definition) is 0. The third kappa shape index (κ3) is 4.73. The largest absolute Gasteiger partial charge is 0.297 e. The number of aromatic nitrogens is 2. The Bertz CT molecular complexity index is 315. The van der Waals surface area contributed by atoms with Gasteiger partial charge in [0.05, 0.1) is 11.7 Å². The summed E-state index contributed by atoms with van der Waals surface area (Å²) in [5, 5.41) is 5.74. The van der Waals surface area contributed by atoms with Gasteiger partial charge in [-0.05, 0) is 31.9 Å². The van der Waals surface area contributed by atoms with Gasteiger partial charge in [-0.2, -0.15) is 5.10 Å². The summed E-state index contributed by atoms with van der Waals surface area (Å²) in [6.45, 7) is 9.87. The van der Waals surface area contributed by atoms with Crippen LogP contribution in [-0.4, -0.2) is 33.1 Å². The van der Waals surface area contributed by atoms with Gasteiger partial charge in [0, 0.05) is 24.6 Å². The topological polar surface area (TPSA) is 21.1 Å². The van der Waals surface area contributed by atoms with E-state index < -0.39 is 0 Å². The molecule has 104 valence electrons. The maximum absolute atomic E-state index is 4.72. The third-order valence-corrected chi connectivity index (χ3v) is 3.66. The van der Waals surface area contributed by atoms with E-state index in [1.165, 1.54) is 12.1 Å². The van der Waals surface area contributed by atoms with E-state index in [1.54, 1.807) is 0 Å². The number of halogens is 1. The molecule has 1 aromatic heterocycles. The van der Waals surface area contributed by atoms with Crippen LogP contribution in [0.4, 0.5) is 0 Å². The highest BCUT2D eigenvalue weighted by Gasteiger charge is 2.10. The van der Waals surface area contributed by atoms with Gasteiger partial charge in [0.2, 0.25) is 0 Å². The Labute approximate surface area is 120 Å². The van der Waals surface area contributed by atoms with Crippen molar-refractivity contribution >= 4 is 15.9 Å². The molecule has 0 spiro atoms. The fourth-order valence-electron chi connectivity index (χ4n) is 2.26. The molecule has 0 fully saturated rings. The van der Waals surface area contributed by atoms with Crippen LogP contribution in [0.1, 0.15) is 51.8 Å². The van der Waals surface area contributed by atoms with Gasteiger partial charge in [-0.15, -0.1) is 0 Å². The van der Waals surface area contributed by atoms with Gasteiger partial charge in [-0.1, -0.05) is 36.7 Å². The van der Waals surface area contributed by atoms with E-state index >= 15 is 0 Å². The standard InChI is InChI=1S/C14H26BrN3/c1-4-9-17(11-8-15)12-13-7-10-18(16-13)14(5-2)6-3/h7,10,14H,4-6,8-9,11-12H2,1-3H3. The first-order valence-corrected chi connectivity index (χ1v) is 8.19. The van der Waals surface area contributed by atoms with Crippen LogP contribution in [0.3, 0.4) is 0 Å². The normalized spacial score (nSPS) is 11.7. The highest BCUT2D eigenvalue weighted by molar-refractivity contribution is 9.09. The second kappa shape index (κ2) is 8.70. The summed E-state index contributed by atoms with van der Waals surface area (Å²) >= 11 is 3.52. The van der Waals surface area contributed by atoms with Gasteiger partial charge < -0.3 is 0 Å². The number of alkyl halides is 1. The summed E-state index contributed by atoms with van der Waals surface area (Å²) in [6.07, 6.45) is 5.63. The molecule has 0 saturated heterocycles. The first kappa shape index (κ1) is 15.7. The number of rotatable bonds is 9. The van der Waals surface area contributed by atoms with E-state index in [0.717, 1.165) is 37.8 Å². The minimum Gasteiger partial charge on any atom is -0.297 e. The van der Waals surface area contributed by atoms with Crippen LogP contribution in [0.15, 0.2) is 12.3 Å². The average Bonchev–Trinajstić information content (AvgIpc) is 2.80. The maximum Gasteiger partial charge on any atom is 0.0764 e. The molecule has 0 aromatic carbocycles. The Morgan fingerprint density at radius 1 is 1.28 bits per heavy atom. The molecule has 0 N–H and O–H groups in total. The van der Waals surface area contributed by atoms with Crippen molar-refractivity contribution in [3.05, 3.63) is 18.0 Å². The van der Waals surface area contributed by atoms with Gasteiger partial charge in [0.1, 0.15) is 0 Å². The molecule has 0 radical (unpaired) electrons. The van der Waals surface area contributed by atoms with E-state index in [4.69, 9.17) is 5.10 Å². The fraction of sp³-hybridized carbons (Fsp3) is 0.786. The van der Waals surface area contributed by atoms with Crippen molar-refractivity contribution in [2.45, 2.75) is 52.6 Å². The molecular weight excluding hydrogens is 290 g/mol. The Kier molecular flexibility index (Phi) is 7.59. The predicted molar refractivity (Wildman–Crippen MR) is 81.2 cm³/mol. The summed E-state index contributed by atoms with van der Waals surface area (Å²) < 4.78 is 2.13. The van der Waals surface area contributed by atoms with Crippen molar-refractivity contribution in [3.63, 3.8) is 0 Å².